The lowest BCUT2D eigenvalue weighted by Crippen LogP contribution is -2.00. The van der Waals surface area contributed by atoms with Crippen LogP contribution < -0.4 is 0 Å². The van der Waals surface area contributed by atoms with E-state index in [1.807, 2.05) is 54.6 Å². The molecule has 0 fully saturated rings. The quantitative estimate of drug-likeness (QED) is 0.197. The molecule has 2 heterocycles. The Morgan fingerprint density at radius 1 is 0.340 bits per heavy atom. The first-order valence-electron chi connectivity index (χ1n) is 15.7. The van der Waals surface area contributed by atoms with Crippen LogP contribution in [0.25, 0.3) is 89.1 Å². The monoisotopic (exact) mass is 601 g/mol. The van der Waals surface area contributed by atoms with Crippen molar-refractivity contribution in [2.45, 2.75) is 0 Å². The van der Waals surface area contributed by atoms with E-state index in [4.69, 9.17) is 19.4 Å². The van der Waals surface area contributed by atoms with Crippen molar-refractivity contribution in [2.75, 3.05) is 0 Å². The average molecular weight is 602 g/mol. The number of benzene rings is 7. The van der Waals surface area contributed by atoms with Gasteiger partial charge in [0.1, 0.15) is 11.2 Å². The summed E-state index contributed by atoms with van der Waals surface area (Å²) in [5.41, 5.74) is 9.01. The zero-order valence-corrected chi connectivity index (χ0v) is 25.3. The van der Waals surface area contributed by atoms with Crippen molar-refractivity contribution in [3.8, 4) is 56.4 Å². The molecule has 0 atom stereocenters. The van der Waals surface area contributed by atoms with Gasteiger partial charge in [0, 0.05) is 27.5 Å². The van der Waals surface area contributed by atoms with E-state index in [-0.39, 0.29) is 0 Å². The SMILES string of the molecule is c1ccc(-c2ccc3oc4cccc(-c5nc(-c6ccccc6)nc(-c6ccc(-c7cccc8ccccc78)cc6)n5)c4c3c2)cc1. The van der Waals surface area contributed by atoms with E-state index in [1.54, 1.807) is 0 Å². The maximum Gasteiger partial charge on any atom is 0.164 e. The summed E-state index contributed by atoms with van der Waals surface area (Å²) in [6.45, 7) is 0. The molecular formula is C43H27N3O. The third-order valence-electron chi connectivity index (χ3n) is 8.75. The van der Waals surface area contributed by atoms with Crippen LogP contribution in [0.1, 0.15) is 0 Å². The topological polar surface area (TPSA) is 51.8 Å². The molecule has 220 valence electrons. The minimum atomic E-state index is 0.602. The van der Waals surface area contributed by atoms with Crippen LogP contribution in [0.5, 0.6) is 0 Å². The number of furan rings is 1. The minimum Gasteiger partial charge on any atom is -0.456 e. The molecule has 0 spiro atoms. The molecule has 2 aromatic heterocycles. The second kappa shape index (κ2) is 11.2. The minimum absolute atomic E-state index is 0.602. The van der Waals surface area contributed by atoms with Gasteiger partial charge in [-0.05, 0) is 51.2 Å². The van der Waals surface area contributed by atoms with Crippen molar-refractivity contribution in [2.24, 2.45) is 0 Å². The fraction of sp³-hybridized carbons (Fsp3) is 0. The highest BCUT2D eigenvalue weighted by molar-refractivity contribution is 6.12. The summed E-state index contributed by atoms with van der Waals surface area (Å²) in [7, 11) is 0. The third-order valence-corrected chi connectivity index (χ3v) is 8.75. The fourth-order valence-corrected chi connectivity index (χ4v) is 6.44. The highest BCUT2D eigenvalue weighted by Crippen LogP contribution is 2.38. The largest absolute Gasteiger partial charge is 0.456 e. The Bertz CT molecular complexity index is 2550. The molecule has 47 heavy (non-hydrogen) atoms. The van der Waals surface area contributed by atoms with Crippen molar-refractivity contribution in [1.82, 2.24) is 15.0 Å². The van der Waals surface area contributed by atoms with Gasteiger partial charge in [-0.25, -0.2) is 15.0 Å². The van der Waals surface area contributed by atoms with Crippen LogP contribution in [-0.2, 0) is 0 Å². The average Bonchev–Trinajstić information content (AvgIpc) is 3.53. The Hall–Kier alpha value is -6.39. The molecule has 0 amide bonds. The second-order valence-corrected chi connectivity index (χ2v) is 11.6. The van der Waals surface area contributed by atoms with Gasteiger partial charge >= 0.3 is 0 Å². The van der Waals surface area contributed by atoms with Gasteiger partial charge in [0.25, 0.3) is 0 Å². The van der Waals surface area contributed by atoms with Gasteiger partial charge < -0.3 is 4.42 Å². The molecule has 0 N–H and O–H groups in total. The zero-order chi connectivity index (χ0) is 31.2. The number of hydrogen-bond acceptors (Lipinski definition) is 4. The summed E-state index contributed by atoms with van der Waals surface area (Å²) < 4.78 is 6.35. The Labute approximate surface area is 271 Å². The lowest BCUT2D eigenvalue weighted by atomic mass is 9.97. The maximum atomic E-state index is 6.35. The molecular weight excluding hydrogens is 574 g/mol. The molecule has 7 aromatic carbocycles. The van der Waals surface area contributed by atoms with E-state index < -0.39 is 0 Å². The zero-order valence-electron chi connectivity index (χ0n) is 25.3. The standard InChI is InChI=1S/C43H27N3O/c1-3-11-28(12-4-1)33-25-26-38-37(27-33)40-36(19-10-20-39(40)47-38)43-45-41(31-14-5-2-6-15-31)44-42(46-43)32-23-21-30(22-24-32)35-18-9-16-29-13-7-8-17-34(29)35/h1-27H. The summed E-state index contributed by atoms with van der Waals surface area (Å²) in [5.74, 6) is 1.84. The van der Waals surface area contributed by atoms with E-state index in [0.717, 1.165) is 55.3 Å². The normalized spacial score (nSPS) is 11.4. The van der Waals surface area contributed by atoms with Crippen molar-refractivity contribution in [1.29, 1.82) is 0 Å². The highest BCUT2D eigenvalue weighted by atomic mass is 16.3. The van der Waals surface area contributed by atoms with Gasteiger partial charge in [-0.15, -0.1) is 0 Å². The first-order valence-corrected chi connectivity index (χ1v) is 15.7. The summed E-state index contributed by atoms with van der Waals surface area (Å²) >= 11 is 0. The first-order chi connectivity index (χ1) is 23.3. The molecule has 0 aliphatic rings. The number of aromatic nitrogens is 3. The fourth-order valence-electron chi connectivity index (χ4n) is 6.44. The van der Waals surface area contributed by atoms with Crippen LogP contribution in [0.3, 0.4) is 0 Å². The second-order valence-electron chi connectivity index (χ2n) is 11.6. The lowest BCUT2D eigenvalue weighted by Gasteiger charge is -2.11. The number of hydrogen-bond donors (Lipinski definition) is 0. The Kier molecular flexibility index (Phi) is 6.43. The molecule has 9 aromatic rings. The lowest BCUT2D eigenvalue weighted by molar-refractivity contribution is 0.669. The van der Waals surface area contributed by atoms with Gasteiger partial charge in [0.2, 0.25) is 0 Å². The number of rotatable bonds is 5. The van der Waals surface area contributed by atoms with E-state index >= 15 is 0 Å². The van der Waals surface area contributed by atoms with Gasteiger partial charge in [0.15, 0.2) is 17.5 Å². The van der Waals surface area contributed by atoms with Gasteiger partial charge in [-0.1, -0.05) is 146 Å². The molecule has 0 radical (unpaired) electrons. The number of nitrogens with zero attached hydrogens (tertiary/aromatic N) is 3. The van der Waals surface area contributed by atoms with Crippen LogP contribution in [0.15, 0.2) is 168 Å². The van der Waals surface area contributed by atoms with Crippen molar-refractivity contribution >= 4 is 32.7 Å². The van der Waals surface area contributed by atoms with Crippen molar-refractivity contribution in [3.05, 3.63) is 164 Å². The predicted octanol–water partition coefficient (Wildman–Crippen LogP) is 11.3. The van der Waals surface area contributed by atoms with E-state index in [2.05, 4.69) is 109 Å². The van der Waals surface area contributed by atoms with E-state index in [9.17, 15) is 0 Å². The molecule has 0 unspecified atom stereocenters. The van der Waals surface area contributed by atoms with Crippen LogP contribution in [0.4, 0.5) is 0 Å². The van der Waals surface area contributed by atoms with Gasteiger partial charge in [-0.2, -0.15) is 0 Å². The summed E-state index contributed by atoms with van der Waals surface area (Å²) in [6.07, 6.45) is 0. The number of fused-ring (bicyclic) bond motifs is 4. The maximum absolute atomic E-state index is 6.35. The molecule has 0 saturated carbocycles. The molecule has 4 nitrogen and oxygen atoms in total. The summed E-state index contributed by atoms with van der Waals surface area (Å²) in [5, 5.41) is 4.47. The van der Waals surface area contributed by atoms with Crippen LogP contribution >= 0.6 is 0 Å². The van der Waals surface area contributed by atoms with Gasteiger partial charge in [-0.3, -0.25) is 0 Å². The van der Waals surface area contributed by atoms with E-state index in [1.165, 1.54) is 16.3 Å². The Morgan fingerprint density at radius 2 is 0.915 bits per heavy atom. The predicted molar refractivity (Wildman–Crippen MR) is 192 cm³/mol. The molecule has 9 rings (SSSR count). The summed E-state index contributed by atoms with van der Waals surface area (Å²) in [4.78, 5) is 15.1. The first kappa shape index (κ1) is 27.0. The molecule has 0 saturated heterocycles. The molecule has 0 bridgehead atoms. The van der Waals surface area contributed by atoms with E-state index in [0.29, 0.717) is 17.5 Å². The Morgan fingerprint density at radius 3 is 1.70 bits per heavy atom. The van der Waals surface area contributed by atoms with Gasteiger partial charge in [0.05, 0.1) is 0 Å². The van der Waals surface area contributed by atoms with Crippen LogP contribution in [0.2, 0.25) is 0 Å². The molecule has 0 aliphatic heterocycles. The summed E-state index contributed by atoms with van der Waals surface area (Å²) in [6, 6.07) is 56.4. The molecule has 4 heteroatoms. The third kappa shape index (κ3) is 4.84. The van der Waals surface area contributed by atoms with Crippen molar-refractivity contribution < 1.29 is 4.42 Å². The smallest absolute Gasteiger partial charge is 0.164 e. The Balaban J connectivity index is 1.21. The van der Waals surface area contributed by atoms with Crippen molar-refractivity contribution in [3.63, 3.8) is 0 Å². The highest BCUT2D eigenvalue weighted by Gasteiger charge is 2.18. The van der Waals surface area contributed by atoms with Crippen LogP contribution in [0, 0.1) is 0 Å². The van der Waals surface area contributed by atoms with Crippen LogP contribution in [-0.4, -0.2) is 15.0 Å². The molecule has 0 aliphatic carbocycles.